The Labute approximate surface area is 177 Å². The van der Waals surface area contributed by atoms with Crippen LogP contribution in [0.2, 0.25) is 0 Å². The van der Waals surface area contributed by atoms with E-state index < -0.39 is 27.5 Å². The van der Waals surface area contributed by atoms with Crippen LogP contribution in [-0.2, 0) is 3.07 Å². The highest BCUT2D eigenvalue weighted by Gasteiger charge is 2.32. The quantitative estimate of drug-likeness (QED) is 0.386. The van der Waals surface area contributed by atoms with Crippen molar-refractivity contribution in [3.05, 3.63) is 29.7 Å². The van der Waals surface area contributed by atoms with Gasteiger partial charge in [-0.3, -0.25) is 3.07 Å². The maximum absolute atomic E-state index is 12.0. The van der Waals surface area contributed by atoms with E-state index >= 15 is 0 Å². The monoisotopic (exact) mass is 522 g/mol. The van der Waals surface area contributed by atoms with Crippen molar-refractivity contribution in [2.45, 2.75) is 44.0 Å². The van der Waals surface area contributed by atoms with Crippen molar-refractivity contribution in [1.29, 1.82) is 0 Å². The topological polar surface area (TPSA) is 92.8 Å². The standard InChI is InChI=1S/C18H31IN6O2S/c1-14-18(15(2)24(3)22-14)23-28(27,19-26)16-7-8-17(21-13-16)20-9-12-25-10-5-4-6-11-25/h7-8,13-14,22-23,27H,4-6,9-12H2,1-3H3,(H,20,21). The van der Waals surface area contributed by atoms with Crippen molar-refractivity contribution in [3.63, 3.8) is 0 Å². The largest absolute Gasteiger partial charge is 0.369 e. The fraction of sp³-hybridized carbons (Fsp3) is 0.611. The molecule has 0 spiro atoms. The van der Waals surface area contributed by atoms with E-state index in [0.29, 0.717) is 4.90 Å². The molecule has 10 heteroatoms. The van der Waals surface area contributed by atoms with Gasteiger partial charge in [-0.05, 0) is 51.9 Å². The summed E-state index contributed by atoms with van der Waals surface area (Å²) in [7, 11) is -0.678. The summed E-state index contributed by atoms with van der Waals surface area (Å²) in [5.41, 5.74) is 5.11. The van der Waals surface area contributed by atoms with Crippen LogP contribution in [0.25, 0.3) is 0 Å². The lowest BCUT2D eigenvalue weighted by Gasteiger charge is -2.30. The van der Waals surface area contributed by atoms with Crippen LogP contribution >= 0.6 is 27.5 Å². The van der Waals surface area contributed by atoms with Gasteiger partial charge in [-0.15, -0.1) is 0 Å². The zero-order valence-electron chi connectivity index (χ0n) is 16.7. The second-order valence-electron chi connectivity index (χ2n) is 7.29. The lowest BCUT2D eigenvalue weighted by Crippen LogP contribution is -2.34. The van der Waals surface area contributed by atoms with E-state index in [1.54, 1.807) is 6.20 Å². The predicted molar refractivity (Wildman–Crippen MR) is 122 cm³/mol. The Morgan fingerprint density at radius 2 is 2.11 bits per heavy atom. The third-order valence-electron chi connectivity index (χ3n) is 5.28. The molecule has 1 saturated heterocycles. The summed E-state index contributed by atoms with van der Waals surface area (Å²) < 4.78 is 26.2. The lowest BCUT2D eigenvalue weighted by atomic mass is 10.1. The van der Waals surface area contributed by atoms with Gasteiger partial charge in [0, 0.05) is 32.0 Å². The first kappa shape index (κ1) is 21.8. The van der Waals surface area contributed by atoms with E-state index in [-0.39, 0.29) is 6.04 Å². The number of piperidine rings is 1. The van der Waals surface area contributed by atoms with Crippen LogP contribution < -0.4 is 15.5 Å². The molecule has 0 bridgehead atoms. The molecule has 0 aliphatic carbocycles. The molecule has 4 N–H and O–H groups in total. The second-order valence-corrected chi connectivity index (χ2v) is 14.0. The van der Waals surface area contributed by atoms with E-state index in [1.807, 2.05) is 38.0 Å². The van der Waals surface area contributed by atoms with E-state index in [9.17, 15) is 7.62 Å². The number of nitrogens with one attached hydrogen (secondary N) is 3. The first-order valence-corrected chi connectivity index (χ1v) is 14.7. The summed E-state index contributed by atoms with van der Waals surface area (Å²) >= 11 is -1.69. The van der Waals surface area contributed by atoms with E-state index in [0.717, 1.165) is 30.3 Å². The number of halogens is 1. The van der Waals surface area contributed by atoms with Crippen molar-refractivity contribution < 1.29 is 7.62 Å². The highest BCUT2D eigenvalue weighted by atomic mass is 127. The van der Waals surface area contributed by atoms with Crippen molar-refractivity contribution >= 4 is 33.3 Å². The number of anilines is 1. The molecule has 2 aliphatic heterocycles. The first-order chi connectivity index (χ1) is 13.4. The van der Waals surface area contributed by atoms with Crippen LogP contribution in [0.15, 0.2) is 34.6 Å². The van der Waals surface area contributed by atoms with Crippen LogP contribution in [0, 0.1) is 0 Å². The normalized spacial score (nSPS) is 24.1. The van der Waals surface area contributed by atoms with E-state index in [1.165, 1.54) is 32.4 Å². The Hall–Kier alpha value is -0.950. The molecule has 1 aromatic rings. The minimum Gasteiger partial charge on any atom is -0.369 e. The molecule has 28 heavy (non-hydrogen) atoms. The molecule has 2 unspecified atom stereocenters. The molecular formula is C18H31IN6O2S. The highest BCUT2D eigenvalue weighted by molar-refractivity contribution is 14.2. The smallest absolute Gasteiger partial charge is 0.246 e. The summed E-state index contributed by atoms with van der Waals surface area (Å²) in [6.45, 7) is 8.19. The van der Waals surface area contributed by atoms with Gasteiger partial charge in [-0.2, -0.15) is 0 Å². The summed E-state index contributed by atoms with van der Waals surface area (Å²) in [6, 6.07) is 3.71. The van der Waals surface area contributed by atoms with Gasteiger partial charge in [-0.25, -0.2) is 10.4 Å². The zero-order chi connectivity index (χ0) is 20.1. The lowest BCUT2D eigenvalue weighted by molar-refractivity contribution is 0.237. The number of rotatable bonds is 8. The van der Waals surface area contributed by atoms with Crippen molar-refractivity contribution in [3.8, 4) is 0 Å². The number of pyridine rings is 1. The molecule has 3 rings (SSSR count). The maximum Gasteiger partial charge on any atom is 0.246 e. The van der Waals surface area contributed by atoms with Gasteiger partial charge in [0.1, 0.15) is 5.82 Å². The molecule has 2 atom stereocenters. The van der Waals surface area contributed by atoms with Gasteiger partial charge in [-0.1, -0.05) is 6.42 Å². The minimum absolute atomic E-state index is 0.0308. The van der Waals surface area contributed by atoms with Crippen LogP contribution in [0.1, 0.15) is 33.1 Å². The number of hydrogen-bond acceptors (Lipinski definition) is 8. The summed E-state index contributed by atoms with van der Waals surface area (Å²) in [5, 5.41) is 5.25. The molecule has 0 aromatic carbocycles. The van der Waals surface area contributed by atoms with Crippen molar-refractivity contribution in [2.24, 2.45) is 0 Å². The molecule has 8 nitrogen and oxygen atoms in total. The summed E-state index contributed by atoms with van der Waals surface area (Å²) in [4.78, 5) is 7.50. The second kappa shape index (κ2) is 9.70. The molecule has 0 saturated carbocycles. The first-order valence-electron chi connectivity index (χ1n) is 9.68. The number of allylic oxidation sites excluding steroid dienone is 1. The van der Waals surface area contributed by atoms with Gasteiger partial charge in [0.15, 0.2) is 0 Å². The molecule has 3 heterocycles. The molecular weight excluding hydrogens is 491 g/mol. The molecule has 1 aromatic heterocycles. The summed E-state index contributed by atoms with van der Waals surface area (Å²) in [6.07, 6.45) is 5.56. The zero-order valence-corrected chi connectivity index (χ0v) is 19.7. The van der Waals surface area contributed by atoms with Gasteiger partial charge in [0.2, 0.25) is 19.8 Å². The molecule has 1 fully saturated rings. The fourth-order valence-electron chi connectivity index (χ4n) is 3.53. The molecule has 2 aliphatic rings. The number of likely N-dealkylation sites (tertiary alicyclic amines) is 1. The average molecular weight is 522 g/mol. The number of hydrogen-bond donors (Lipinski definition) is 4. The number of nitrogens with zero attached hydrogens (tertiary/aromatic N) is 3. The Morgan fingerprint density at radius 3 is 2.68 bits per heavy atom. The Morgan fingerprint density at radius 1 is 1.36 bits per heavy atom. The van der Waals surface area contributed by atoms with Crippen LogP contribution in [-0.4, -0.2) is 58.7 Å². The molecule has 158 valence electrons. The minimum atomic E-state index is -2.60. The van der Waals surface area contributed by atoms with E-state index in [4.69, 9.17) is 0 Å². The number of aromatic nitrogens is 1. The van der Waals surface area contributed by atoms with Gasteiger partial charge in [0.25, 0.3) is 0 Å². The average Bonchev–Trinajstić information content (AvgIpc) is 2.95. The third-order valence-corrected chi connectivity index (χ3v) is 10.6. The van der Waals surface area contributed by atoms with Crippen LogP contribution in [0.5, 0.6) is 0 Å². The molecule has 0 radical (unpaired) electrons. The third kappa shape index (κ3) is 5.15. The van der Waals surface area contributed by atoms with Gasteiger partial charge < -0.3 is 24.5 Å². The highest BCUT2D eigenvalue weighted by Crippen LogP contribution is 2.60. The Kier molecular flexibility index (Phi) is 7.54. The van der Waals surface area contributed by atoms with Gasteiger partial charge in [0.05, 0.1) is 24.3 Å². The molecule has 0 amide bonds. The Bertz CT molecular complexity index is 713. The SMILES string of the molecule is CC1=C(NS(O)(I=O)c2ccc(NCCN3CCCCC3)nc2)C(C)NN1C. The predicted octanol–water partition coefficient (Wildman–Crippen LogP) is 3.42. The maximum atomic E-state index is 12.0. The summed E-state index contributed by atoms with van der Waals surface area (Å²) in [5.74, 6) is 0.776. The van der Waals surface area contributed by atoms with Crippen LogP contribution in [0.4, 0.5) is 5.82 Å². The Balaban J connectivity index is 1.61. The van der Waals surface area contributed by atoms with Crippen molar-refractivity contribution in [2.75, 3.05) is 38.5 Å². The fourth-order valence-corrected chi connectivity index (χ4v) is 7.20. The van der Waals surface area contributed by atoms with Gasteiger partial charge >= 0.3 is 0 Å². The van der Waals surface area contributed by atoms with Crippen molar-refractivity contribution in [1.82, 2.24) is 25.0 Å². The number of hydrazine groups is 1. The van der Waals surface area contributed by atoms with Crippen LogP contribution in [0.3, 0.4) is 0 Å². The van der Waals surface area contributed by atoms with E-state index in [2.05, 4.69) is 25.3 Å².